The fourth-order valence-electron chi connectivity index (χ4n) is 1.40. The van der Waals surface area contributed by atoms with Crippen LogP contribution in [-0.4, -0.2) is 16.9 Å². The molecule has 1 aliphatic rings. The third-order valence-corrected chi connectivity index (χ3v) is 3.15. The average Bonchev–Trinajstić information content (AvgIpc) is 2.38. The van der Waals surface area contributed by atoms with Gasteiger partial charge in [-0.05, 0) is 19.8 Å². The number of halogens is 1. The zero-order chi connectivity index (χ0) is 8.32. The molecule has 2 nitrogen and oxygen atoms in total. The van der Waals surface area contributed by atoms with Crippen molar-refractivity contribution in [1.29, 1.82) is 0 Å². The van der Waals surface area contributed by atoms with E-state index < -0.39 is 0 Å². The highest BCUT2D eigenvalue weighted by Gasteiger charge is 2.39. The van der Waals surface area contributed by atoms with Gasteiger partial charge >= 0.3 is 5.97 Å². The van der Waals surface area contributed by atoms with Crippen molar-refractivity contribution in [2.45, 2.75) is 36.9 Å². The number of rotatable bonds is 2. The Balaban J connectivity index is 2.49. The number of alkyl halides is 1. The van der Waals surface area contributed by atoms with Crippen LogP contribution in [0.3, 0.4) is 0 Å². The van der Waals surface area contributed by atoms with Gasteiger partial charge in [0.15, 0.2) is 0 Å². The second-order valence-corrected chi connectivity index (χ2v) is 4.41. The van der Waals surface area contributed by atoms with Crippen molar-refractivity contribution in [3.8, 4) is 0 Å². The average molecular weight is 221 g/mol. The first-order valence-electron chi connectivity index (χ1n) is 4.05. The topological polar surface area (TPSA) is 26.3 Å². The highest BCUT2D eigenvalue weighted by atomic mass is 79.9. The lowest BCUT2D eigenvalue weighted by Gasteiger charge is -2.17. The highest BCUT2D eigenvalue weighted by molar-refractivity contribution is 9.10. The molecule has 0 amide bonds. The summed E-state index contributed by atoms with van der Waals surface area (Å²) in [5, 5.41) is 0. The van der Waals surface area contributed by atoms with E-state index in [2.05, 4.69) is 15.9 Å². The van der Waals surface area contributed by atoms with Crippen molar-refractivity contribution in [3.63, 3.8) is 0 Å². The van der Waals surface area contributed by atoms with E-state index in [-0.39, 0.29) is 10.3 Å². The molecule has 11 heavy (non-hydrogen) atoms. The molecule has 0 aromatic rings. The first-order valence-corrected chi connectivity index (χ1v) is 4.84. The van der Waals surface area contributed by atoms with Crippen LogP contribution in [0.4, 0.5) is 0 Å². The van der Waals surface area contributed by atoms with Crippen LogP contribution < -0.4 is 0 Å². The molecule has 0 aromatic carbocycles. The van der Waals surface area contributed by atoms with E-state index in [1.807, 2.05) is 6.92 Å². The Bertz CT molecular complexity index is 150. The summed E-state index contributed by atoms with van der Waals surface area (Å²) in [6.45, 7) is 2.31. The molecule has 0 bridgehead atoms. The molecule has 1 saturated carbocycles. The van der Waals surface area contributed by atoms with Gasteiger partial charge in [-0.2, -0.15) is 0 Å². The third-order valence-electron chi connectivity index (χ3n) is 2.04. The summed E-state index contributed by atoms with van der Waals surface area (Å²) in [5.74, 6) is -0.0856. The Morgan fingerprint density at radius 2 is 2.09 bits per heavy atom. The standard InChI is InChI=1S/C8H13BrO2/c1-2-11-7(10)8(9)5-3-4-6-8/h2-6H2,1H3. The van der Waals surface area contributed by atoms with Crippen molar-refractivity contribution >= 4 is 21.9 Å². The fourth-order valence-corrected chi connectivity index (χ4v) is 2.08. The van der Waals surface area contributed by atoms with Gasteiger partial charge in [0, 0.05) is 0 Å². The Morgan fingerprint density at radius 3 is 2.55 bits per heavy atom. The van der Waals surface area contributed by atoms with E-state index in [1.165, 1.54) is 0 Å². The van der Waals surface area contributed by atoms with Crippen LogP contribution in [0.2, 0.25) is 0 Å². The van der Waals surface area contributed by atoms with Crippen molar-refractivity contribution in [1.82, 2.24) is 0 Å². The minimum atomic E-state index is -0.344. The Kier molecular flexibility index (Phi) is 2.93. The predicted molar refractivity (Wildman–Crippen MR) is 46.8 cm³/mol. The zero-order valence-corrected chi connectivity index (χ0v) is 8.32. The van der Waals surface area contributed by atoms with E-state index in [1.54, 1.807) is 0 Å². The van der Waals surface area contributed by atoms with Gasteiger partial charge < -0.3 is 4.74 Å². The normalized spacial score (nSPS) is 21.6. The molecule has 1 rings (SSSR count). The molecule has 1 fully saturated rings. The number of hydrogen-bond acceptors (Lipinski definition) is 2. The molecule has 0 heterocycles. The van der Waals surface area contributed by atoms with E-state index in [4.69, 9.17) is 4.74 Å². The minimum absolute atomic E-state index is 0.0856. The number of esters is 1. The molecular formula is C8H13BrO2. The number of carbonyl (C=O) groups is 1. The molecule has 1 aliphatic carbocycles. The molecule has 0 aromatic heterocycles. The minimum Gasteiger partial charge on any atom is -0.465 e. The Hall–Kier alpha value is -0.0500. The number of carbonyl (C=O) groups excluding carboxylic acids is 1. The molecule has 64 valence electrons. The van der Waals surface area contributed by atoms with Gasteiger partial charge in [0.2, 0.25) is 0 Å². The van der Waals surface area contributed by atoms with Crippen LogP contribution >= 0.6 is 15.9 Å². The summed E-state index contributed by atoms with van der Waals surface area (Å²) in [7, 11) is 0. The molecule has 0 spiro atoms. The van der Waals surface area contributed by atoms with Crippen LogP contribution in [0.25, 0.3) is 0 Å². The van der Waals surface area contributed by atoms with Crippen LogP contribution in [0.5, 0.6) is 0 Å². The van der Waals surface area contributed by atoms with E-state index in [0.29, 0.717) is 6.61 Å². The monoisotopic (exact) mass is 220 g/mol. The van der Waals surface area contributed by atoms with Crippen molar-refractivity contribution in [3.05, 3.63) is 0 Å². The summed E-state index contributed by atoms with van der Waals surface area (Å²) < 4.78 is 4.60. The summed E-state index contributed by atoms with van der Waals surface area (Å²) in [6, 6.07) is 0. The first kappa shape index (κ1) is 9.04. The van der Waals surface area contributed by atoms with Gasteiger partial charge in [-0.15, -0.1) is 0 Å². The molecule has 0 N–H and O–H groups in total. The largest absolute Gasteiger partial charge is 0.465 e. The summed E-state index contributed by atoms with van der Waals surface area (Å²) >= 11 is 3.44. The molecule has 0 atom stereocenters. The predicted octanol–water partition coefficient (Wildman–Crippen LogP) is 2.26. The maximum atomic E-state index is 11.3. The molecule has 0 radical (unpaired) electrons. The first-order chi connectivity index (χ1) is 5.19. The van der Waals surface area contributed by atoms with Crippen LogP contribution in [0.1, 0.15) is 32.6 Å². The lowest BCUT2D eigenvalue weighted by atomic mass is 10.1. The van der Waals surface area contributed by atoms with Gasteiger partial charge in [0.1, 0.15) is 4.32 Å². The molecule has 0 saturated heterocycles. The highest BCUT2D eigenvalue weighted by Crippen LogP contribution is 2.38. The summed E-state index contributed by atoms with van der Waals surface area (Å²) in [4.78, 5) is 11.3. The Labute approximate surface area is 75.4 Å². The van der Waals surface area contributed by atoms with Gasteiger partial charge in [-0.1, -0.05) is 28.8 Å². The quantitative estimate of drug-likeness (QED) is 0.528. The molecule has 0 unspecified atom stereocenters. The van der Waals surface area contributed by atoms with Crippen LogP contribution in [-0.2, 0) is 9.53 Å². The lowest BCUT2D eigenvalue weighted by molar-refractivity contribution is -0.145. The van der Waals surface area contributed by atoms with Crippen molar-refractivity contribution in [2.24, 2.45) is 0 Å². The molecular weight excluding hydrogens is 208 g/mol. The van der Waals surface area contributed by atoms with Crippen LogP contribution in [0.15, 0.2) is 0 Å². The maximum Gasteiger partial charge on any atom is 0.322 e. The van der Waals surface area contributed by atoms with E-state index >= 15 is 0 Å². The zero-order valence-electron chi connectivity index (χ0n) is 6.73. The van der Waals surface area contributed by atoms with Crippen molar-refractivity contribution < 1.29 is 9.53 Å². The number of hydrogen-bond donors (Lipinski definition) is 0. The number of ether oxygens (including phenoxy) is 1. The van der Waals surface area contributed by atoms with Gasteiger partial charge in [-0.25, -0.2) is 0 Å². The maximum absolute atomic E-state index is 11.3. The molecule has 0 aliphatic heterocycles. The van der Waals surface area contributed by atoms with Gasteiger partial charge in [0.25, 0.3) is 0 Å². The van der Waals surface area contributed by atoms with Crippen molar-refractivity contribution in [2.75, 3.05) is 6.61 Å². The summed E-state index contributed by atoms with van der Waals surface area (Å²) in [5.41, 5.74) is 0. The van der Waals surface area contributed by atoms with Gasteiger partial charge in [0.05, 0.1) is 6.61 Å². The molecule has 3 heteroatoms. The van der Waals surface area contributed by atoms with Gasteiger partial charge in [-0.3, -0.25) is 4.79 Å². The summed E-state index contributed by atoms with van der Waals surface area (Å²) in [6.07, 6.45) is 4.10. The smallest absolute Gasteiger partial charge is 0.322 e. The van der Waals surface area contributed by atoms with E-state index in [9.17, 15) is 4.79 Å². The van der Waals surface area contributed by atoms with Crippen LogP contribution in [0, 0.1) is 0 Å². The van der Waals surface area contributed by atoms with E-state index in [0.717, 1.165) is 25.7 Å². The SMILES string of the molecule is CCOC(=O)C1(Br)CCCC1. The lowest BCUT2D eigenvalue weighted by Crippen LogP contribution is -2.30. The Morgan fingerprint density at radius 1 is 1.55 bits per heavy atom. The third kappa shape index (κ3) is 1.95. The second-order valence-electron chi connectivity index (χ2n) is 2.89. The fraction of sp³-hybridized carbons (Fsp3) is 0.875. The second kappa shape index (κ2) is 3.57.